The van der Waals surface area contributed by atoms with Crippen molar-refractivity contribution in [2.75, 3.05) is 5.32 Å². The monoisotopic (exact) mass is 368 g/mol. The predicted octanol–water partition coefficient (Wildman–Crippen LogP) is 1.94. The van der Waals surface area contributed by atoms with Gasteiger partial charge in [-0.05, 0) is 37.6 Å². The maximum atomic E-state index is 14.1. The van der Waals surface area contributed by atoms with Gasteiger partial charge in [0, 0.05) is 25.0 Å². The third kappa shape index (κ3) is 3.41. The van der Waals surface area contributed by atoms with E-state index in [4.69, 9.17) is 0 Å². The number of hydrogen-bond acceptors (Lipinski definition) is 4. The summed E-state index contributed by atoms with van der Waals surface area (Å²) in [6.45, 7) is 3.25. The molecule has 7 nitrogen and oxygen atoms in total. The smallest absolute Gasteiger partial charge is 0.280 e. The van der Waals surface area contributed by atoms with Crippen LogP contribution < -0.4 is 16.3 Å². The molecule has 0 radical (unpaired) electrons. The summed E-state index contributed by atoms with van der Waals surface area (Å²) >= 11 is 0. The second kappa shape index (κ2) is 6.99. The number of aromatic nitrogens is 3. The molecule has 0 atom stereocenters. The van der Waals surface area contributed by atoms with Crippen LogP contribution in [0.4, 0.5) is 10.1 Å². The standard InChI is InChI=1S/C19H17FN4O3/c1-11-8-9-23(3)19(27)16(11)21-18(26)17-15(25)10-12(2)24(22-17)14-7-5-4-6-13(14)20/h4-10H,1-3H3,(H,21,26). The average molecular weight is 368 g/mol. The first-order chi connectivity index (χ1) is 12.8. The largest absolute Gasteiger partial charge is 0.317 e. The highest BCUT2D eigenvalue weighted by molar-refractivity contribution is 6.03. The Bertz CT molecular complexity index is 1160. The second-order valence-electron chi connectivity index (χ2n) is 6.11. The number of rotatable bonds is 3. The normalized spacial score (nSPS) is 10.7. The van der Waals surface area contributed by atoms with E-state index in [0.717, 1.165) is 0 Å². The van der Waals surface area contributed by atoms with Crippen molar-refractivity contribution in [3.63, 3.8) is 0 Å². The Labute approximate surface area is 153 Å². The number of carbonyl (C=O) groups is 1. The van der Waals surface area contributed by atoms with E-state index in [2.05, 4.69) is 10.4 Å². The molecule has 0 saturated carbocycles. The number of benzene rings is 1. The van der Waals surface area contributed by atoms with Crippen LogP contribution in [0.25, 0.3) is 5.69 Å². The molecule has 0 spiro atoms. The van der Waals surface area contributed by atoms with E-state index in [0.29, 0.717) is 11.3 Å². The molecule has 138 valence electrons. The summed E-state index contributed by atoms with van der Waals surface area (Å²) < 4.78 is 16.6. The first-order valence-corrected chi connectivity index (χ1v) is 8.13. The van der Waals surface area contributed by atoms with E-state index in [9.17, 15) is 18.8 Å². The summed E-state index contributed by atoms with van der Waals surface area (Å²) in [5.41, 5.74) is -0.386. The number of para-hydroxylation sites is 1. The van der Waals surface area contributed by atoms with E-state index >= 15 is 0 Å². The second-order valence-corrected chi connectivity index (χ2v) is 6.11. The van der Waals surface area contributed by atoms with Gasteiger partial charge >= 0.3 is 0 Å². The Balaban J connectivity index is 2.08. The number of pyridine rings is 1. The fourth-order valence-corrected chi connectivity index (χ4v) is 2.62. The third-order valence-electron chi connectivity index (χ3n) is 4.12. The zero-order valence-corrected chi connectivity index (χ0v) is 15.0. The van der Waals surface area contributed by atoms with Crippen LogP contribution >= 0.6 is 0 Å². The summed E-state index contributed by atoms with van der Waals surface area (Å²) in [6.07, 6.45) is 1.57. The Hall–Kier alpha value is -3.55. The van der Waals surface area contributed by atoms with Gasteiger partial charge in [-0.2, -0.15) is 5.10 Å². The lowest BCUT2D eigenvalue weighted by Crippen LogP contribution is -2.30. The summed E-state index contributed by atoms with van der Waals surface area (Å²) in [6, 6.07) is 8.75. The number of nitrogens with one attached hydrogen (secondary N) is 1. The minimum atomic E-state index is -0.837. The molecule has 3 rings (SSSR count). The molecule has 8 heteroatoms. The van der Waals surface area contributed by atoms with E-state index in [1.807, 2.05) is 0 Å². The Morgan fingerprint density at radius 1 is 1.15 bits per heavy atom. The van der Waals surface area contributed by atoms with Gasteiger partial charge in [0.15, 0.2) is 5.69 Å². The minimum Gasteiger partial charge on any atom is -0.317 e. The number of nitrogens with zero attached hydrogens (tertiary/aromatic N) is 3. The van der Waals surface area contributed by atoms with Gasteiger partial charge in [-0.3, -0.25) is 14.4 Å². The van der Waals surface area contributed by atoms with Crippen LogP contribution in [0.1, 0.15) is 21.7 Å². The van der Waals surface area contributed by atoms with Crippen molar-refractivity contribution in [2.45, 2.75) is 13.8 Å². The number of carbonyl (C=O) groups excluding carboxylic acids is 1. The van der Waals surface area contributed by atoms with Gasteiger partial charge in [0.25, 0.3) is 11.5 Å². The van der Waals surface area contributed by atoms with Crippen LogP contribution in [-0.2, 0) is 7.05 Å². The molecule has 0 aliphatic rings. The van der Waals surface area contributed by atoms with Crippen LogP contribution in [0.15, 0.2) is 52.2 Å². The topological polar surface area (TPSA) is 86.0 Å². The molecule has 0 aliphatic heterocycles. The van der Waals surface area contributed by atoms with Gasteiger partial charge in [0.05, 0.1) is 0 Å². The van der Waals surface area contributed by atoms with Gasteiger partial charge in [0.1, 0.15) is 17.2 Å². The molecular weight excluding hydrogens is 351 g/mol. The summed E-state index contributed by atoms with van der Waals surface area (Å²) in [4.78, 5) is 37.1. The average Bonchev–Trinajstić information content (AvgIpc) is 2.63. The Kier molecular flexibility index (Phi) is 4.72. The van der Waals surface area contributed by atoms with Crippen LogP contribution in [0, 0.1) is 19.7 Å². The van der Waals surface area contributed by atoms with Crippen molar-refractivity contribution in [3.05, 3.63) is 85.9 Å². The lowest BCUT2D eigenvalue weighted by atomic mass is 10.2. The quantitative estimate of drug-likeness (QED) is 0.766. The summed E-state index contributed by atoms with van der Waals surface area (Å²) in [5.74, 6) is -1.38. The fraction of sp³-hybridized carbons (Fsp3) is 0.158. The maximum Gasteiger partial charge on any atom is 0.280 e. The third-order valence-corrected chi connectivity index (χ3v) is 4.12. The highest BCUT2D eigenvalue weighted by Gasteiger charge is 2.19. The van der Waals surface area contributed by atoms with Gasteiger partial charge in [-0.1, -0.05) is 12.1 Å². The maximum absolute atomic E-state index is 14.1. The van der Waals surface area contributed by atoms with Crippen molar-refractivity contribution < 1.29 is 9.18 Å². The first-order valence-electron chi connectivity index (χ1n) is 8.13. The molecular formula is C19H17FN4O3. The van der Waals surface area contributed by atoms with Crippen LogP contribution in [0.5, 0.6) is 0 Å². The first kappa shape index (κ1) is 18.2. The zero-order valence-electron chi connectivity index (χ0n) is 15.0. The summed E-state index contributed by atoms with van der Waals surface area (Å²) in [7, 11) is 1.55. The van der Waals surface area contributed by atoms with Gasteiger partial charge in [0.2, 0.25) is 5.43 Å². The number of amides is 1. The number of aryl methyl sites for hydroxylation is 3. The molecule has 0 aliphatic carbocycles. The van der Waals surface area contributed by atoms with Crippen LogP contribution in [0.3, 0.4) is 0 Å². The van der Waals surface area contributed by atoms with Crippen molar-refractivity contribution in [2.24, 2.45) is 7.05 Å². The predicted molar refractivity (Wildman–Crippen MR) is 98.9 cm³/mol. The molecule has 2 aromatic heterocycles. The highest BCUT2D eigenvalue weighted by Crippen LogP contribution is 2.14. The lowest BCUT2D eigenvalue weighted by molar-refractivity contribution is 0.101. The fourth-order valence-electron chi connectivity index (χ4n) is 2.62. The van der Waals surface area contributed by atoms with Crippen molar-refractivity contribution in [1.82, 2.24) is 14.3 Å². The highest BCUT2D eigenvalue weighted by atomic mass is 19.1. The molecule has 27 heavy (non-hydrogen) atoms. The molecule has 0 unspecified atom stereocenters. The SMILES string of the molecule is Cc1ccn(C)c(=O)c1NC(=O)c1nn(-c2ccccc2F)c(C)cc1=O. The Morgan fingerprint density at radius 2 is 1.85 bits per heavy atom. The number of anilines is 1. The molecule has 1 amide bonds. The summed E-state index contributed by atoms with van der Waals surface area (Å²) in [5, 5.41) is 6.47. The molecule has 0 saturated heterocycles. The number of halogens is 1. The molecule has 3 aromatic rings. The molecule has 0 bridgehead atoms. The minimum absolute atomic E-state index is 0.0595. The van der Waals surface area contributed by atoms with E-state index < -0.39 is 28.4 Å². The van der Waals surface area contributed by atoms with Crippen molar-refractivity contribution >= 4 is 11.6 Å². The van der Waals surface area contributed by atoms with Crippen LogP contribution in [-0.4, -0.2) is 20.3 Å². The Morgan fingerprint density at radius 3 is 2.56 bits per heavy atom. The van der Waals surface area contributed by atoms with Crippen molar-refractivity contribution in [3.8, 4) is 5.69 Å². The van der Waals surface area contributed by atoms with E-state index in [-0.39, 0.29) is 11.4 Å². The number of hydrogen-bond donors (Lipinski definition) is 1. The zero-order chi connectivity index (χ0) is 19.7. The van der Waals surface area contributed by atoms with Crippen molar-refractivity contribution in [1.29, 1.82) is 0 Å². The van der Waals surface area contributed by atoms with E-state index in [1.54, 1.807) is 39.2 Å². The van der Waals surface area contributed by atoms with Gasteiger partial charge in [-0.25, -0.2) is 9.07 Å². The van der Waals surface area contributed by atoms with E-state index in [1.165, 1.54) is 33.5 Å². The molecule has 1 N–H and O–H groups in total. The lowest BCUT2D eigenvalue weighted by Gasteiger charge is -2.12. The van der Waals surface area contributed by atoms with Crippen LogP contribution in [0.2, 0.25) is 0 Å². The molecule has 1 aromatic carbocycles. The molecule has 0 fully saturated rings. The van der Waals surface area contributed by atoms with Gasteiger partial charge in [-0.15, -0.1) is 0 Å². The van der Waals surface area contributed by atoms with Gasteiger partial charge < -0.3 is 9.88 Å². The molecule has 2 heterocycles.